The Bertz CT molecular complexity index is 563. The molecule has 0 bridgehead atoms. The van der Waals surface area contributed by atoms with Crippen molar-refractivity contribution in [2.45, 2.75) is 12.2 Å². The largest absolute Gasteiger partial charge is 0.343 e. The zero-order chi connectivity index (χ0) is 13.7. The number of benzene rings is 2. The maximum absolute atomic E-state index is 12.3. The van der Waals surface area contributed by atoms with E-state index in [0.717, 1.165) is 5.56 Å². The summed E-state index contributed by atoms with van der Waals surface area (Å²) in [7, 11) is -3.39. The fraction of sp³-hybridized carbons (Fsp3) is 0.200. The molecule has 0 amide bonds. The lowest BCUT2D eigenvalue weighted by molar-refractivity contribution is 0.464. The number of rotatable bonds is 5. The van der Waals surface area contributed by atoms with Gasteiger partial charge in [0.15, 0.2) is 0 Å². The quantitative estimate of drug-likeness (QED) is 0.830. The first-order valence-electron chi connectivity index (χ1n) is 6.25. The van der Waals surface area contributed by atoms with E-state index in [1.807, 2.05) is 48.5 Å². The van der Waals surface area contributed by atoms with Gasteiger partial charge >= 0.3 is 0 Å². The first-order chi connectivity index (χ1) is 9.09. The van der Waals surface area contributed by atoms with Gasteiger partial charge < -0.3 is 10.6 Å². The number of nitrogens with two attached hydrogens (primary N) is 1. The van der Waals surface area contributed by atoms with E-state index in [9.17, 15) is 9.46 Å². The lowest BCUT2D eigenvalue weighted by Gasteiger charge is -2.19. The highest BCUT2D eigenvalue weighted by atomic mass is 35.5. The van der Waals surface area contributed by atoms with E-state index in [4.69, 9.17) is 5.73 Å². The van der Waals surface area contributed by atoms with E-state index in [0.29, 0.717) is 12.0 Å². The highest BCUT2D eigenvalue weighted by Crippen LogP contribution is 2.52. The van der Waals surface area contributed by atoms with Crippen molar-refractivity contribution < 1.29 is 9.46 Å². The van der Waals surface area contributed by atoms with Gasteiger partial charge in [-0.25, -0.2) is 0 Å². The van der Waals surface area contributed by atoms with Crippen LogP contribution in [0.4, 0.5) is 0 Å². The van der Waals surface area contributed by atoms with Gasteiger partial charge in [-0.15, -0.1) is 12.4 Å². The molecule has 2 unspecified atom stereocenters. The molecular weight excluding hydrogens is 293 g/mol. The van der Waals surface area contributed by atoms with Gasteiger partial charge in [-0.05, 0) is 17.5 Å². The average molecular weight is 312 g/mol. The number of aryl methyl sites for hydroxylation is 1. The maximum atomic E-state index is 12.3. The molecule has 0 saturated carbocycles. The molecule has 3 N–H and O–H groups in total. The smallest absolute Gasteiger partial charge is 0.221 e. The molecule has 0 spiro atoms. The molecule has 2 atom stereocenters. The summed E-state index contributed by atoms with van der Waals surface area (Å²) in [5, 5.41) is 0. The predicted octanol–water partition coefficient (Wildman–Crippen LogP) is 3.58. The third-order valence-electron chi connectivity index (χ3n) is 3.14. The number of hydrogen-bond donors (Lipinski definition) is 2. The molecule has 0 aliphatic heterocycles. The molecule has 0 aliphatic carbocycles. The highest BCUT2D eigenvalue weighted by molar-refractivity contribution is 7.58. The first kappa shape index (κ1) is 16.9. The number of hydrogen-bond acceptors (Lipinski definition) is 2. The summed E-state index contributed by atoms with van der Waals surface area (Å²) in [4.78, 5) is 10.1. The normalized spacial score (nSPS) is 14.9. The van der Waals surface area contributed by atoms with Gasteiger partial charge in [0.2, 0.25) is 7.37 Å². The molecule has 0 heterocycles. The topological polar surface area (TPSA) is 63.3 Å². The van der Waals surface area contributed by atoms with Gasteiger partial charge in [-0.2, -0.15) is 0 Å². The van der Waals surface area contributed by atoms with Crippen LogP contribution in [0.2, 0.25) is 0 Å². The molecule has 20 heavy (non-hydrogen) atoms. The van der Waals surface area contributed by atoms with Crippen molar-refractivity contribution >= 4 is 19.8 Å². The Kier molecular flexibility index (Phi) is 6.44. The van der Waals surface area contributed by atoms with Gasteiger partial charge in [-0.3, -0.25) is 4.57 Å². The Morgan fingerprint density at radius 1 is 1.00 bits per heavy atom. The van der Waals surface area contributed by atoms with Crippen LogP contribution in [0, 0.1) is 0 Å². The maximum Gasteiger partial charge on any atom is 0.221 e. The van der Waals surface area contributed by atoms with Gasteiger partial charge in [-0.1, -0.05) is 60.7 Å². The molecule has 2 rings (SSSR count). The van der Waals surface area contributed by atoms with Crippen LogP contribution in [-0.4, -0.2) is 11.1 Å². The average Bonchev–Trinajstić information content (AvgIpc) is 2.46. The van der Waals surface area contributed by atoms with Crippen molar-refractivity contribution in [3.05, 3.63) is 71.8 Å². The zero-order valence-electron chi connectivity index (χ0n) is 11.1. The Morgan fingerprint density at radius 2 is 1.50 bits per heavy atom. The van der Waals surface area contributed by atoms with Gasteiger partial charge in [0.1, 0.15) is 5.78 Å². The Labute approximate surface area is 125 Å². The predicted molar refractivity (Wildman–Crippen MR) is 85.5 cm³/mol. The fourth-order valence-corrected chi connectivity index (χ4v) is 3.45. The van der Waals surface area contributed by atoms with Crippen molar-refractivity contribution in [1.29, 1.82) is 0 Å². The summed E-state index contributed by atoms with van der Waals surface area (Å²) in [6.45, 7) is 0. The van der Waals surface area contributed by atoms with E-state index in [1.165, 1.54) is 0 Å². The summed E-state index contributed by atoms with van der Waals surface area (Å²) in [5.41, 5.74) is 7.69. The van der Waals surface area contributed by atoms with E-state index < -0.39 is 13.2 Å². The standard InChI is InChI=1S/C15H18NO2P.ClH/c16-15(14-9-5-2-6-10-14)19(17,18)12-11-13-7-3-1-4-8-13;/h1-10,15H,11-12,16H2,(H,17,18);1H. The summed E-state index contributed by atoms with van der Waals surface area (Å²) in [6, 6.07) is 18.8. The van der Waals surface area contributed by atoms with Crippen molar-refractivity contribution in [2.75, 3.05) is 6.16 Å². The third-order valence-corrected chi connectivity index (χ3v) is 5.17. The highest BCUT2D eigenvalue weighted by Gasteiger charge is 2.28. The zero-order valence-corrected chi connectivity index (χ0v) is 12.8. The fourth-order valence-electron chi connectivity index (χ4n) is 1.96. The van der Waals surface area contributed by atoms with Crippen LogP contribution >= 0.6 is 19.8 Å². The van der Waals surface area contributed by atoms with E-state index >= 15 is 0 Å². The molecule has 0 radical (unpaired) electrons. The van der Waals surface area contributed by atoms with Gasteiger partial charge in [0.25, 0.3) is 0 Å². The van der Waals surface area contributed by atoms with Crippen LogP contribution in [-0.2, 0) is 11.0 Å². The second-order valence-corrected chi connectivity index (χ2v) is 7.09. The summed E-state index contributed by atoms with van der Waals surface area (Å²) in [5.74, 6) is -0.808. The minimum atomic E-state index is -3.39. The minimum Gasteiger partial charge on any atom is -0.343 e. The Morgan fingerprint density at radius 3 is 2.05 bits per heavy atom. The van der Waals surface area contributed by atoms with E-state index in [-0.39, 0.29) is 18.6 Å². The SMILES string of the molecule is Cl.NC(c1ccccc1)P(=O)(O)CCc1ccccc1. The van der Waals surface area contributed by atoms with Gasteiger partial charge in [0, 0.05) is 6.16 Å². The third kappa shape index (κ3) is 4.46. The van der Waals surface area contributed by atoms with Crippen LogP contribution in [0.1, 0.15) is 16.9 Å². The van der Waals surface area contributed by atoms with Crippen molar-refractivity contribution in [2.24, 2.45) is 5.73 Å². The second-order valence-electron chi connectivity index (χ2n) is 4.57. The van der Waals surface area contributed by atoms with Crippen molar-refractivity contribution in [3.63, 3.8) is 0 Å². The van der Waals surface area contributed by atoms with Gasteiger partial charge in [0.05, 0.1) is 0 Å². The van der Waals surface area contributed by atoms with Crippen LogP contribution in [0.15, 0.2) is 60.7 Å². The Balaban J connectivity index is 0.00000200. The lowest BCUT2D eigenvalue weighted by Crippen LogP contribution is -2.13. The van der Waals surface area contributed by atoms with E-state index in [1.54, 1.807) is 12.1 Å². The second kappa shape index (κ2) is 7.61. The number of halogens is 1. The minimum absolute atomic E-state index is 0. The van der Waals surface area contributed by atoms with Crippen LogP contribution < -0.4 is 5.73 Å². The van der Waals surface area contributed by atoms with Crippen molar-refractivity contribution in [1.82, 2.24) is 0 Å². The molecule has 2 aromatic rings. The molecule has 5 heteroatoms. The molecule has 3 nitrogen and oxygen atoms in total. The summed E-state index contributed by atoms with van der Waals surface area (Å²) < 4.78 is 12.3. The molecule has 0 fully saturated rings. The van der Waals surface area contributed by atoms with Crippen molar-refractivity contribution in [3.8, 4) is 0 Å². The van der Waals surface area contributed by atoms with Crippen LogP contribution in [0.25, 0.3) is 0 Å². The molecular formula is C15H19ClNO2P. The first-order valence-corrected chi connectivity index (χ1v) is 8.17. The monoisotopic (exact) mass is 311 g/mol. The van der Waals surface area contributed by atoms with E-state index in [2.05, 4.69) is 0 Å². The molecule has 108 valence electrons. The van der Waals surface area contributed by atoms with Crippen LogP contribution in [0.5, 0.6) is 0 Å². The summed E-state index contributed by atoms with van der Waals surface area (Å²) in [6.07, 6.45) is 0.766. The molecule has 2 aromatic carbocycles. The molecule has 0 aromatic heterocycles. The molecule has 0 aliphatic rings. The summed E-state index contributed by atoms with van der Waals surface area (Å²) >= 11 is 0. The Hall–Kier alpha value is -1.12. The lowest BCUT2D eigenvalue weighted by atomic mass is 10.2. The van der Waals surface area contributed by atoms with Crippen LogP contribution in [0.3, 0.4) is 0 Å². The molecule has 0 saturated heterocycles.